The molecule has 0 aliphatic carbocycles. The van der Waals surface area contributed by atoms with Crippen molar-refractivity contribution in [1.29, 1.82) is 0 Å². The van der Waals surface area contributed by atoms with Crippen LogP contribution in [-0.4, -0.2) is 31.3 Å². The van der Waals surface area contributed by atoms with Crippen molar-refractivity contribution in [2.45, 2.75) is 12.5 Å². The third kappa shape index (κ3) is 3.12. The van der Waals surface area contributed by atoms with Gasteiger partial charge in [0.25, 0.3) is 11.8 Å². The van der Waals surface area contributed by atoms with Gasteiger partial charge >= 0.3 is 0 Å². The number of aromatic nitrogens is 1. The van der Waals surface area contributed by atoms with Crippen molar-refractivity contribution in [3.8, 4) is 5.88 Å². The zero-order valence-corrected chi connectivity index (χ0v) is 12.3. The Bertz CT molecular complexity index is 626. The van der Waals surface area contributed by atoms with Crippen LogP contribution in [0.15, 0.2) is 40.9 Å². The van der Waals surface area contributed by atoms with Crippen molar-refractivity contribution in [3.63, 3.8) is 0 Å². The van der Waals surface area contributed by atoms with Gasteiger partial charge in [-0.3, -0.25) is 4.79 Å². The molecule has 0 spiro atoms. The van der Waals surface area contributed by atoms with E-state index in [1.165, 1.54) is 13.2 Å². The molecule has 1 N–H and O–H groups in total. The fourth-order valence-corrected chi connectivity index (χ4v) is 2.63. The lowest BCUT2D eigenvalue weighted by Crippen LogP contribution is -2.30. The third-order valence-electron chi connectivity index (χ3n) is 3.79. The predicted molar refractivity (Wildman–Crippen MR) is 78.6 cm³/mol. The number of benzene rings is 1. The number of methoxy groups -OCH3 is 1. The molecule has 1 fully saturated rings. The number of nitrogens with one attached hydrogen (secondary N) is 1. The highest BCUT2D eigenvalue weighted by molar-refractivity contribution is 5.91. The molecule has 0 bridgehead atoms. The average Bonchev–Trinajstić information content (AvgIpc) is 3.22. The maximum absolute atomic E-state index is 12.0. The molecule has 2 atom stereocenters. The number of amides is 1. The zero-order valence-electron chi connectivity index (χ0n) is 12.3. The molecule has 1 amide bonds. The van der Waals surface area contributed by atoms with E-state index in [1.807, 2.05) is 30.3 Å². The molecule has 2 heterocycles. The number of ether oxygens (including phenoxy) is 2. The average molecular weight is 302 g/mol. The maximum atomic E-state index is 12.0. The van der Waals surface area contributed by atoms with Gasteiger partial charge in [-0.25, -0.2) is 0 Å². The fourth-order valence-electron chi connectivity index (χ4n) is 2.63. The van der Waals surface area contributed by atoms with Crippen molar-refractivity contribution >= 4 is 5.91 Å². The smallest absolute Gasteiger partial charge is 0.290 e. The Kier molecular flexibility index (Phi) is 4.39. The summed E-state index contributed by atoms with van der Waals surface area (Å²) in [6.45, 7) is 1.23. The van der Waals surface area contributed by atoms with Crippen LogP contribution in [0.3, 0.4) is 0 Å². The van der Waals surface area contributed by atoms with Crippen molar-refractivity contribution in [2.24, 2.45) is 5.92 Å². The second-order valence-corrected chi connectivity index (χ2v) is 5.19. The Hall–Kier alpha value is -2.34. The summed E-state index contributed by atoms with van der Waals surface area (Å²) in [6, 6.07) is 11.5. The van der Waals surface area contributed by atoms with E-state index in [9.17, 15) is 4.79 Å². The van der Waals surface area contributed by atoms with E-state index in [0.29, 0.717) is 13.2 Å². The summed E-state index contributed by atoms with van der Waals surface area (Å²) in [5, 5.41) is 6.49. The first-order chi connectivity index (χ1) is 10.8. The highest BCUT2D eigenvalue weighted by Gasteiger charge is 2.30. The van der Waals surface area contributed by atoms with Crippen LogP contribution >= 0.6 is 0 Å². The van der Waals surface area contributed by atoms with Crippen LogP contribution in [0.1, 0.15) is 28.6 Å². The van der Waals surface area contributed by atoms with Gasteiger partial charge < -0.3 is 19.3 Å². The Labute approximate surface area is 128 Å². The first-order valence-corrected chi connectivity index (χ1v) is 7.23. The van der Waals surface area contributed by atoms with Crippen molar-refractivity contribution in [1.82, 2.24) is 10.5 Å². The van der Waals surface area contributed by atoms with E-state index in [0.717, 1.165) is 12.0 Å². The maximum Gasteiger partial charge on any atom is 0.290 e. The first-order valence-electron chi connectivity index (χ1n) is 7.23. The molecule has 3 rings (SSSR count). The predicted octanol–water partition coefficient (Wildman–Crippen LogP) is 2.19. The number of hydrogen-bond acceptors (Lipinski definition) is 5. The Morgan fingerprint density at radius 3 is 2.95 bits per heavy atom. The van der Waals surface area contributed by atoms with E-state index in [-0.39, 0.29) is 29.6 Å². The van der Waals surface area contributed by atoms with E-state index in [1.54, 1.807) is 0 Å². The van der Waals surface area contributed by atoms with E-state index >= 15 is 0 Å². The van der Waals surface area contributed by atoms with Crippen molar-refractivity contribution < 1.29 is 18.8 Å². The lowest BCUT2D eigenvalue weighted by molar-refractivity contribution is 0.0827. The van der Waals surface area contributed by atoms with Crippen molar-refractivity contribution in [3.05, 3.63) is 47.7 Å². The Morgan fingerprint density at radius 2 is 2.23 bits per heavy atom. The SMILES string of the molecule is COc1cc(C(=O)NC[C@H]2CCO[C@@H]2c2ccccc2)on1. The van der Waals surface area contributed by atoms with Gasteiger partial charge in [0.15, 0.2) is 0 Å². The molecule has 0 saturated carbocycles. The zero-order chi connectivity index (χ0) is 15.4. The van der Waals surface area contributed by atoms with Crippen LogP contribution < -0.4 is 10.1 Å². The fraction of sp³-hybridized carbons (Fsp3) is 0.375. The summed E-state index contributed by atoms with van der Waals surface area (Å²) in [5.74, 6) is 0.384. The van der Waals surface area contributed by atoms with Crippen molar-refractivity contribution in [2.75, 3.05) is 20.3 Å². The normalized spacial score (nSPS) is 20.8. The number of rotatable bonds is 5. The molecule has 1 aromatic heterocycles. The number of nitrogens with zero attached hydrogens (tertiary/aromatic N) is 1. The van der Waals surface area contributed by atoms with Gasteiger partial charge in [-0.1, -0.05) is 30.3 Å². The van der Waals surface area contributed by atoms with Gasteiger partial charge in [-0.2, -0.15) is 0 Å². The molecule has 1 saturated heterocycles. The summed E-state index contributed by atoms with van der Waals surface area (Å²) in [7, 11) is 1.47. The first kappa shape index (κ1) is 14.6. The molecular weight excluding hydrogens is 284 g/mol. The van der Waals surface area contributed by atoms with Gasteiger partial charge in [0, 0.05) is 19.1 Å². The summed E-state index contributed by atoms with van der Waals surface area (Å²) in [5.41, 5.74) is 1.14. The topological polar surface area (TPSA) is 73.6 Å². The summed E-state index contributed by atoms with van der Waals surface area (Å²) >= 11 is 0. The van der Waals surface area contributed by atoms with Crippen LogP contribution in [-0.2, 0) is 4.74 Å². The van der Waals surface area contributed by atoms with Crippen LogP contribution in [0.25, 0.3) is 0 Å². The molecule has 1 aliphatic heterocycles. The van der Waals surface area contributed by atoms with E-state index < -0.39 is 0 Å². The summed E-state index contributed by atoms with van der Waals surface area (Å²) in [6.07, 6.45) is 0.935. The minimum Gasteiger partial charge on any atom is -0.479 e. The molecule has 2 aromatic rings. The third-order valence-corrected chi connectivity index (χ3v) is 3.79. The Morgan fingerprint density at radius 1 is 1.41 bits per heavy atom. The molecule has 6 nitrogen and oxygen atoms in total. The van der Waals surface area contributed by atoms with Gasteiger partial charge in [0.2, 0.25) is 5.76 Å². The summed E-state index contributed by atoms with van der Waals surface area (Å²) < 4.78 is 15.6. The van der Waals surface area contributed by atoms with Crippen LogP contribution in [0.4, 0.5) is 0 Å². The van der Waals surface area contributed by atoms with Gasteiger partial charge in [-0.05, 0) is 17.1 Å². The highest BCUT2D eigenvalue weighted by atomic mass is 16.5. The molecule has 116 valence electrons. The second-order valence-electron chi connectivity index (χ2n) is 5.19. The largest absolute Gasteiger partial charge is 0.479 e. The minimum absolute atomic E-state index is 0.0192. The number of carbonyl (C=O) groups is 1. The number of carbonyl (C=O) groups excluding carboxylic acids is 1. The van der Waals surface area contributed by atoms with E-state index in [4.69, 9.17) is 14.0 Å². The summed E-state index contributed by atoms with van der Waals surface area (Å²) in [4.78, 5) is 12.0. The molecule has 0 radical (unpaired) electrons. The van der Waals surface area contributed by atoms with Gasteiger partial charge in [0.05, 0.1) is 19.3 Å². The van der Waals surface area contributed by atoms with E-state index in [2.05, 4.69) is 10.5 Å². The molecule has 6 heteroatoms. The quantitative estimate of drug-likeness (QED) is 0.916. The molecule has 1 aromatic carbocycles. The lowest BCUT2D eigenvalue weighted by Gasteiger charge is -2.19. The molecule has 0 unspecified atom stereocenters. The second kappa shape index (κ2) is 6.62. The van der Waals surface area contributed by atoms with Crippen LogP contribution in [0, 0.1) is 5.92 Å². The van der Waals surface area contributed by atoms with Crippen LogP contribution in [0.2, 0.25) is 0 Å². The Balaban J connectivity index is 1.59. The molecular formula is C16H18N2O4. The number of hydrogen-bond donors (Lipinski definition) is 1. The van der Waals surface area contributed by atoms with Gasteiger partial charge in [-0.15, -0.1) is 0 Å². The minimum atomic E-state index is -0.297. The molecule has 22 heavy (non-hydrogen) atoms. The van der Waals surface area contributed by atoms with Gasteiger partial charge in [0.1, 0.15) is 0 Å². The monoisotopic (exact) mass is 302 g/mol. The highest BCUT2D eigenvalue weighted by Crippen LogP contribution is 2.33. The lowest BCUT2D eigenvalue weighted by atomic mass is 9.95. The van der Waals surface area contributed by atoms with Crippen LogP contribution in [0.5, 0.6) is 5.88 Å². The molecule has 1 aliphatic rings. The standard InChI is InChI=1S/C16H18N2O4/c1-20-14-9-13(22-18-14)16(19)17-10-12-7-8-21-15(12)11-5-3-2-4-6-11/h2-6,9,12,15H,7-8,10H2,1H3,(H,17,19)/t12-,15-/m1/s1.